The smallest absolute Gasteiger partial charge is 0.293 e. The van der Waals surface area contributed by atoms with Crippen molar-refractivity contribution in [2.45, 2.75) is 139 Å². The topological polar surface area (TPSA) is 233 Å². The number of fused-ring (bicyclic) bond motifs is 3. The van der Waals surface area contributed by atoms with Crippen molar-refractivity contribution >= 4 is 61.2 Å². The van der Waals surface area contributed by atoms with Crippen molar-refractivity contribution in [2.24, 2.45) is 11.3 Å². The summed E-state index contributed by atoms with van der Waals surface area (Å²) in [6.45, 7) is 15.9. The molecule has 0 bridgehead atoms. The normalized spacial score (nSPS) is 24.5. The molecule has 3 aromatic carbocycles. The van der Waals surface area contributed by atoms with Crippen molar-refractivity contribution in [1.29, 1.82) is 0 Å². The first-order valence-corrected chi connectivity index (χ1v) is 33.6. The van der Waals surface area contributed by atoms with Crippen LogP contribution in [0.3, 0.4) is 0 Å². The zero-order valence-electron chi connectivity index (χ0n) is 51.7. The zero-order chi connectivity index (χ0) is 61.6. The van der Waals surface area contributed by atoms with Crippen LogP contribution in [0, 0.1) is 21.4 Å². The lowest BCUT2D eigenvalue weighted by Gasteiger charge is -2.52. The summed E-state index contributed by atoms with van der Waals surface area (Å²) >= 11 is 0. The number of aliphatic hydroxyl groups is 1. The van der Waals surface area contributed by atoms with E-state index in [-0.39, 0.29) is 34.7 Å². The largest absolute Gasteiger partial charge is 0.493 e. The predicted octanol–water partition coefficient (Wildman–Crippen LogP) is 10.1. The van der Waals surface area contributed by atoms with Crippen molar-refractivity contribution < 1.29 is 42.2 Å². The Hall–Kier alpha value is -7.08. The lowest BCUT2D eigenvalue weighted by molar-refractivity contribution is -0.384. The number of methoxy groups -OCH3 is 1. The molecule has 0 radical (unpaired) electrons. The van der Waals surface area contributed by atoms with Crippen molar-refractivity contribution in [2.75, 3.05) is 106 Å². The molecule has 1 amide bonds. The molecule has 0 unspecified atom stereocenters. The van der Waals surface area contributed by atoms with Gasteiger partial charge in [0, 0.05) is 107 Å². The van der Waals surface area contributed by atoms with Crippen LogP contribution in [0.2, 0.25) is 0 Å². The standard InChI is InChI=1S/C67H85N11O10S/c1-44(2)51-7-5-6-8-52(51)59-42-73(41-46-35-60(85-4)63(70-40-46)75-30-33-86-34-31-75)28-29-76(59)48-15-21-67(22-16-48)23-26-74(27-24-67)49-9-11-53(56(37-49)77-55-18-32-87-43-61(55)88-65-58(77)36-47-17-25-68-62(47)71-65)64(79)72-89(83,84)50-10-12-54(57(38-50)78(81)82)69-39-45-13-19-66(3,80)20-14-45/h5-12,17,25,35-38,40,44-45,48,55,59,61,69,80H,13-16,18-24,26-34,39,41-43H2,1-4H3,(H,68,71)(H,72,79)/t45?,55-,59-,61-,66?/m0/s1. The molecule has 6 aromatic rings. The molecule has 89 heavy (non-hydrogen) atoms. The maximum atomic E-state index is 14.9. The number of piperidine rings is 1. The first-order chi connectivity index (χ1) is 43.0. The first-order valence-electron chi connectivity index (χ1n) is 32.2. The number of rotatable bonds is 16. The van der Waals surface area contributed by atoms with Gasteiger partial charge in [-0.1, -0.05) is 38.1 Å². The second-order valence-corrected chi connectivity index (χ2v) is 28.2. The van der Waals surface area contributed by atoms with Gasteiger partial charge in [0.15, 0.2) is 11.6 Å². The van der Waals surface area contributed by atoms with Crippen molar-refractivity contribution in [3.05, 3.63) is 124 Å². The van der Waals surface area contributed by atoms with Gasteiger partial charge >= 0.3 is 0 Å². The number of hydrogen-bond donors (Lipinski definition) is 4. The van der Waals surface area contributed by atoms with E-state index in [0.717, 1.165) is 138 Å². The average molecular weight is 1240 g/mol. The van der Waals surface area contributed by atoms with Gasteiger partial charge in [0.1, 0.15) is 23.1 Å². The molecule has 4 saturated heterocycles. The maximum absolute atomic E-state index is 14.9. The van der Waals surface area contributed by atoms with Gasteiger partial charge in [-0.25, -0.2) is 18.1 Å². The number of aromatic nitrogens is 3. The Morgan fingerprint density at radius 2 is 1.66 bits per heavy atom. The number of morpholine rings is 1. The van der Waals surface area contributed by atoms with Gasteiger partial charge < -0.3 is 49.1 Å². The van der Waals surface area contributed by atoms with Crippen molar-refractivity contribution in [3.63, 3.8) is 0 Å². The van der Waals surface area contributed by atoms with Gasteiger partial charge in [-0.05, 0) is 160 Å². The summed E-state index contributed by atoms with van der Waals surface area (Å²) in [6.07, 6.45) is 13.3. The molecule has 21 nitrogen and oxygen atoms in total. The second-order valence-electron chi connectivity index (χ2n) is 26.5. The van der Waals surface area contributed by atoms with E-state index in [1.807, 2.05) is 43.6 Å². The van der Waals surface area contributed by atoms with Crippen LogP contribution < -0.4 is 34.2 Å². The fraction of sp³-hybridized carbons (Fsp3) is 0.537. The molecule has 2 saturated carbocycles. The SMILES string of the molecule is COc1cc(CN2CCN(C3CCC4(CC3)CCN(c3ccc(C(=O)NS(=O)(=O)c5ccc(NCC6CCC(C)(O)CC6)c([N+](=O)[O-])c5)c(N5c6cc7cc[nH]c7nc6O[C@H]6COCC[C@@H]65)c3)CC4)[C@H](c3ccccc3C(C)C)C2)cnc1N1CCOCC1. The number of carbonyl (C=O) groups excluding carboxylic acids is 1. The summed E-state index contributed by atoms with van der Waals surface area (Å²) in [5.41, 5.74) is 6.03. The lowest BCUT2D eigenvalue weighted by Crippen LogP contribution is -2.54. The number of hydrogen-bond acceptors (Lipinski definition) is 18. The van der Waals surface area contributed by atoms with E-state index in [0.29, 0.717) is 87.1 Å². The van der Waals surface area contributed by atoms with Crippen LogP contribution in [-0.4, -0.2) is 159 Å². The number of nitrogens with zero attached hydrogens (tertiary/aromatic N) is 8. The summed E-state index contributed by atoms with van der Waals surface area (Å²) in [4.78, 5) is 51.6. The number of carbonyl (C=O) groups is 1. The number of piperazine rings is 1. The van der Waals surface area contributed by atoms with Gasteiger partial charge in [-0.3, -0.25) is 24.7 Å². The summed E-state index contributed by atoms with van der Waals surface area (Å²) in [5, 5.41) is 26.9. The summed E-state index contributed by atoms with van der Waals surface area (Å²) in [7, 11) is -2.91. The molecule has 6 fully saturated rings. The van der Waals surface area contributed by atoms with E-state index < -0.39 is 43.1 Å². The van der Waals surface area contributed by atoms with Gasteiger partial charge in [-0.2, -0.15) is 4.98 Å². The zero-order valence-corrected chi connectivity index (χ0v) is 52.5. The van der Waals surface area contributed by atoms with Gasteiger partial charge in [-0.15, -0.1) is 0 Å². The monoisotopic (exact) mass is 1240 g/mol. The van der Waals surface area contributed by atoms with E-state index in [9.17, 15) is 28.4 Å². The molecule has 5 aliphatic heterocycles. The molecular formula is C67H85N11O10S. The number of benzene rings is 3. The highest BCUT2D eigenvalue weighted by Gasteiger charge is 2.45. The minimum atomic E-state index is -4.65. The summed E-state index contributed by atoms with van der Waals surface area (Å²) in [5.74, 6) is 1.76. The van der Waals surface area contributed by atoms with Crippen LogP contribution in [0.1, 0.15) is 130 Å². The third kappa shape index (κ3) is 12.7. The predicted molar refractivity (Wildman–Crippen MR) is 342 cm³/mol. The van der Waals surface area contributed by atoms with Crippen molar-refractivity contribution in [3.8, 4) is 11.6 Å². The Morgan fingerprint density at radius 1 is 0.876 bits per heavy atom. The molecule has 1 spiro atoms. The minimum Gasteiger partial charge on any atom is -0.493 e. The number of amides is 1. The highest BCUT2D eigenvalue weighted by molar-refractivity contribution is 7.90. The molecule has 22 heteroatoms. The molecule has 13 rings (SSSR count). The third-order valence-electron chi connectivity index (χ3n) is 20.5. The van der Waals surface area contributed by atoms with Crippen LogP contribution in [0.4, 0.5) is 34.3 Å². The number of nitro groups is 1. The Bertz CT molecular complexity index is 3660. The fourth-order valence-corrected chi connectivity index (χ4v) is 16.3. The molecule has 3 aromatic heterocycles. The third-order valence-corrected chi connectivity index (χ3v) is 21.9. The molecule has 3 atom stereocenters. The highest BCUT2D eigenvalue weighted by Crippen LogP contribution is 2.50. The Balaban J connectivity index is 0.733. The van der Waals surface area contributed by atoms with E-state index in [1.54, 1.807) is 13.2 Å². The number of pyridine rings is 2. The number of aromatic amines is 1. The number of nitrogens with one attached hydrogen (secondary N) is 3. The summed E-state index contributed by atoms with van der Waals surface area (Å²) < 4.78 is 55.1. The summed E-state index contributed by atoms with van der Waals surface area (Å²) in [6, 6.07) is 24.9. The number of ether oxygens (including phenoxy) is 4. The Morgan fingerprint density at radius 3 is 2.43 bits per heavy atom. The van der Waals surface area contributed by atoms with E-state index >= 15 is 0 Å². The second kappa shape index (κ2) is 25.3. The van der Waals surface area contributed by atoms with Gasteiger partial charge in [0.25, 0.3) is 21.6 Å². The fourth-order valence-electron chi connectivity index (χ4n) is 15.4. The number of nitro benzene ring substituents is 1. The van der Waals surface area contributed by atoms with E-state index in [4.69, 9.17) is 28.9 Å². The van der Waals surface area contributed by atoms with Crippen LogP contribution in [-0.2, 0) is 26.0 Å². The maximum Gasteiger partial charge on any atom is 0.293 e. The highest BCUT2D eigenvalue weighted by atomic mass is 32.2. The van der Waals surface area contributed by atoms with E-state index in [1.165, 1.54) is 23.3 Å². The molecule has 4 N–H and O–H groups in total. The molecule has 7 aliphatic rings. The molecule has 2 aliphatic carbocycles. The number of anilines is 5. The van der Waals surface area contributed by atoms with Crippen LogP contribution in [0.15, 0.2) is 96.2 Å². The quantitative estimate of drug-likeness (QED) is 0.0521. The molecule has 8 heterocycles. The van der Waals surface area contributed by atoms with E-state index in [2.05, 4.69) is 83.7 Å². The Kier molecular flexibility index (Phi) is 17.3. The molecular weight excluding hydrogens is 1150 g/mol. The lowest BCUT2D eigenvalue weighted by atomic mass is 9.66. The Labute approximate surface area is 521 Å². The van der Waals surface area contributed by atoms with Crippen LogP contribution in [0.5, 0.6) is 11.6 Å². The van der Waals surface area contributed by atoms with Crippen LogP contribution >= 0.6 is 0 Å². The van der Waals surface area contributed by atoms with Gasteiger partial charge in [0.2, 0.25) is 5.88 Å². The first kappa shape index (κ1) is 60.8. The minimum absolute atomic E-state index is 0.112. The molecule has 474 valence electrons. The van der Waals surface area contributed by atoms with Crippen molar-refractivity contribution in [1.82, 2.24) is 29.5 Å². The number of sulfonamides is 1. The van der Waals surface area contributed by atoms with Gasteiger partial charge in [0.05, 0.1) is 59.6 Å². The number of H-pyrrole nitrogens is 1. The van der Waals surface area contributed by atoms with Crippen LogP contribution in [0.25, 0.3) is 11.0 Å². The average Bonchev–Trinajstić information content (AvgIpc) is 2.10.